The maximum atomic E-state index is 9.90. The summed E-state index contributed by atoms with van der Waals surface area (Å²) in [6.45, 7) is 2.14. The van der Waals surface area contributed by atoms with E-state index in [1.54, 1.807) is 0 Å². The van der Waals surface area contributed by atoms with Gasteiger partial charge < -0.3 is 10.6 Å². The third-order valence-electron chi connectivity index (χ3n) is 8.45. The van der Waals surface area contributed by atoms with Crippen molar-refractivity contribution in [2.24, 2.45) is 0 Å². The summed E-state index contributed by atoms with van der Waals surface area (Å²) in [5, 5.41) is 17.8. The molecule has 0 amide bonds. The lowest BCUT2D eigenvalue weighted by molar-refractivity contribution is 0.260. The fourth-order valence-corrected chi connectivity index (χ4v) is 7.05. The zero-order valence-electron chi connectivity index (χ0n) is 17.2. The van der Waals surface area contributed by atoms with E-state index in [0.717, 1.165) is 18.7 Å². The maximum Gasteiger partial charge on any atom is 0.0994 e. The molecule has 1 aromatic carbocycles. The van der Waals surface area contributed by atoms with E-state index >= 15 is 0 Å². The van der Waals surface area contributed by atoms with Gasteiger partial charge >= 0.3 is 0 Å². The molecule has 0 radical (unpaired) electrons. The van der Waals surface area contributed by atoms with Gasteiger partial charge in [0.2, 0.25) is 0 Å². The number of nitriles is 1. The largest absolute Gasteiger partial charge is 0.311 e. The SMILES string of the molecule is N#Cc1cccc(C2CNC3(CCCCC3)C2)c1C1CNC2(CCCCC2)C1. The molecular weight excluding hydrogens is 342 g/mol. The Labute approximate surface area is 170 Å². The smallest absolute Gasteiger partial charge is 0.0994 e. The molecule has 4 aliphatic rings. The first kappa shape index (κ1) is 18.6. The van der Waals surface area contributed by atoms with Crippen LogP contribution < -0.4 is 10.6 Å². The molecule has 150 valence electrons. The van der Waals surface area contributed by atoms with E-state index in [1.807, 2.05) is 0 Å². The van der Waals surface area contributed by atoms with E-state index in [9.17, 15) is 5.26 Å². The van der Waals surface area contributed by atoms with Crippen LogP contribution in [-0.4, -0.2) is 24.2 Å². The van der Waals surface area contributed by atoms with Gasteiger partial charge in [-0.15, -0.1) is 0 Å². The lowest BCUT2D eigenvalue weighted by Crippen LogP contribution is -2.41. The molecule has 2 heterocycles. The molecule has 2 N–H and O–H groups in total. The molecule has 5 rings (SSSR count). The van der Waals surface area contributed by atoms with Gasteiger partial charge in [0.05, 0.1) is 11.6 Å². The Balaban J connectivity index is 1.43. The van der Waals surface area contributed by atoms with Crippen LogP contribution in [0.5, 0.6) is 0 Å². The van der Waals surface area contributed by atoms with Crippen molar-refractivity contribution in [2.75, 3.05) is 13.1 Å². The van der Waals surface area contributed by atoms with Gasteiger partial charge in [-0.25, -0.2) is 0 Å². The number of nitrogens with one attached hydrogen (secondary N) is 2. The summed E-state index contributed by atoms with van der Waals surface area (Å²) in [6.07, 6.45) is 16.1. The molecule has 2 aliphatic heterocycles. The van der Waals surface area contributed by atoms with Gasteiger partial charge in [0.25, 0.3) is 0 Å². The molecule has 2 atom stereocenters. The van der Waals surface area contributed by atoms with E-state index in [-0.39, 0.29) is 0 Å². The molecule has 1 aromatic rings. The normalized spacial score (nSPS) is 31.2. The number of benzene rings is 1. The van der Waals surface area contributed by atoms with Crippen molar-refractivity contribution in [2.45, 2.75) is 100.0 Å². The van der Waals surface area contributed by atoms with E-state index in [1.165, 1.54) is 88.2 Å². The van der Waals surface area contributed by atoms with Crippen LogP contribution in [0.2, 0.25) is 0 Å². The third-order valence-corrected chi connectivity index (χ3v) is 8.45. The second-order valence-corrected chi connectivity index (χ2v) is 10.2. The summed E-state index contributed by atoms with van der Waals surface area (Å²) < 4.78 is 0. The van der Waals surface area contributed by atoms with Crippen LogP contribution in [0.15, 0.2) is 18.2 Å². The minimum absolute atomic E-state index is 0.348. The summed E-state index contributed by atoms with van der Waals surface area (Å²) in [7, 11) is 0. The number of hydrogen-bond donors (Lipinski definition) is 2. The quantitative estimate of drug-likeness (QED) is 0.752. The molecule has 2 saturated heterocycles. The van der Waals surface area contributed by atoms with Crippen LogP contribution >= 0.6 is 0 Å². The Hall–Kier alpha value is -1.37. The Bertz CT molecular complexity index is 750. The van der Waals surface area contributed by atoms with Crippen LogP contribution in [0.1, 0.15) is 106 Å². The highest BCUT2D eigenvalue weighted by molar-refractivity contribution is 5.48. The van der Waals surface area contributed by atoms with Gasteiger partial charge in [-0.1, -0.05) is 50.7 Å². The Morgan fingerprint density at radius 3 is 1.96 bits per heavy atom. The molecule has 4 fully saturated rings. The highest BCUT2D eigenvalue weighted by Gasteiger charge is 2.44. The predicted molar refractivity (Wildman–Crippen MR) is 114 cm³/mol. The topological polar surface area (TPSA) is 47.9 Å². The Morgan fingerprint density at radius 1 is 0.786 bits per heavy atom. The van der Waals surface area contributed by atoms with E-state index in [2.05, 4.69) is 34.9 Å². The first-order valence-corrected chi connectivity index (χ1v) is 11.8. The van der Waals surface area contributed by atoms with Crippen molar-refractivity contribution >= 4 is 0 Å². The number of rotatable bonds is 2. The molecule has 2 saturated carbocycles. The summed E-state index contributed by atoms with van der Waals surface area (Å²) in [4.78, 5) is 0. The van der Waals surface area contributed by atoms with Gasteiger partial charge in [0.1, 0.15) is 0 Å². The standard InChI is InChI=1S/C25H35N3/c26-16-19-8-7-9-22(20-14-24(27-17-20)10-3-1-4-11-24)23(19)21-15-25(28-18-21)12-5-2-6-13-25/h7-9,20-21,27-28H,1-6,10-15,17-18H2. The van der Waals surface area contributed by atoms with E-state index < -0.39 is 0 Å². The zero-order valence-corrected chi connectivity index (χ0v) is 17.2. The van der Waals surface area contributed by atoms with Crippen LogP contribution in [0.25, 0.3) is 0 Å². The molecule has 2 spiro atoms. The van der Waals surface area contributed by atoms with Gasteiger partial charge in [-0.05, 0) is 67.6 Å². The molecule has 0 aromatic heterocycles. The summed E-state index contributed by atoms with van der Waals surface area (Å²) in [5.41, 5.74) is 4.53. The second-order valence-electron chi connectivity index (χ2n) is 10.2. The second kappa shape index (κ2) is 7.47. The van der Waals surface area contributed by atoms with Crippen molar-refractivity contribution in [1.82, 2.24) is 10.6 Å². The van der Waals surface area contributed by atoms with Gasteiger partial charge in [0.15, 0.2) is 0 Å². The van der Waals surface area contributed by atoms with Crippen molar-refractivity contribution < 1.29 is 0 Å². The highest BCUT2D eigenvalue weighted by atomic mass is 15.0. The van der Waals surface area contributed by atoms with Crippen molar-refractivity contribution in [3.8, 4) is 6.07 Å². The minimum Gasteiger partial charge on any atom is -0.311 e. The molecule has 3 heteroatoms. The van der Waals surface area contributed by atoms with Crippen molar-refractivity contribution in [3.63, 3.8) is 0 Å². The van der Waals surface area contributed by atoms with E-state index in [0.29, 0.717) is 22.9 Å². The summed E-state index contributed by atoms with van der Waals surface area (Å²) in [5.74, 6) is 1.08. The van der Waals surface area contributed by atoms with Crippen molar-refractivity contribution in [3.05, 3.63) is 34.9 Å². The molecule has 2 unspecified atom stereocenters. The number of nitrogens with zero attached hydrogens (tertiary/aromatic N) is 1. The lowest BCUT2D eigenvalue weighted by Gasteiger charge is -2.34. The molecule has 3 nitrogen and oxygen atoms in total. The Morgan fingerprint density at radius 2 is 1.36 bits per heavy atom. The van der Waals surface area contributed by atoms with Gasteiger partial charge in [0, 0.05) is 24.2 Å². The third kappa shape index (κ3) is 3.29. The lowest BCUT2D eigenvalue weighted by atomic mass is 9.74. The zero-order chi connectivity index (χ0) is 19.0. The monoisotopic (exact) mass is 377 g/mol. The minimum atomic E-state index is 0.348. The molecule has 0 bridgehead atoms. The average molecular weight is 378 g/mol. The van der Waals surface area contributed by atoms with Gasteiger partial charge in [-0.2, -0.15) is 5.26 Å². The summed E-state index contributed by atoms with van der Waals surface area (Å²) >= 11 is 0. The predicted octanol–water partition coefficient (Wildman–Crippen LogP) is 5.12. The van der Waals surface area contributed by atoms with Crippen LogP contribution in [0, 0.1) is 11.3 Å². The van der Waals surface area contributed by atoms with Gasteiger partial charge in [-0.3, -0.25) is 0 Å². The molecular formula is C25H35N3. The molecule has 28 heavy (non-hydrogen) atoms. The maximum absolute atomic E-state index is 9.90. The van der Waals surface area contributed by atoms with Crippen molar-refractivity contribution in [1.29, 1.82) is 5.26 Å². The van der Waals surface area contributed by atoms with E-state index in [4.69, 9.17) is 0 Å². The average Bonchev–Trinajstić information content (AvgIpc) is 3.33. The van der Waals surface area contributed by atoms with Crippen LogP contribution in [0.4, 0.5) is 0 Å². The molecule has 2 aliphatic carbocycles. The fraction of sp³-hybridized carbons (Fsp3) is 0.720. The first-order chi connectivity index (χ1) is 13.7. The first-order valence-electron chi connectivity index (χ1n) is 11.8. The summed E-state index contributed by atoms with van der Waals surface area (Å²) in [6, 6.07) is 9.08. The fourth-order valence-electron chi connectivity index (χ4n) is 7.05. The van der Waals surface area contributed by atoms with Crippen LogP contribution in [-0.2, 0) is 0 Å². The highest BCUT2D eigenvalue weighted by Crippen LogP contribution is 2.47. The Kier molecular flexibility index (Phi) is 4.97. The number of hydrogen-bond acceptors (Lipinski definition) is 3. The van der Waals surface area contributed by atoms with Crippen LogP contribution in [0.3, 0.4) is 0 Å².